The first kappa shape index (κ1) is 31.2. The second-order valence-electron chi connectivity index (χ2n) is 9.12. The topological polar surface area (TPSA) is 133 Å². The molecule has 4 N–H and O–H groups in total. The summed E-state index contributed by atoms with van der Waals surface area (Å²) in [5.41, 5.74) is 2.06. The number of amides is 2. The van der Waals surface area contributed by atoms with Crippen LogP contribution in [0.3, 0.4) is 0 Å². The Bertz CT molecular complexity index is 1370. The van der Waals surface area contributed by atoms with Gasteiger partial charge in [0.2, 0.25) is 0 Å². The van der Waals surface area contributed by atoms with Crippen molar-refractivity contribution in [2.45, 2.75) is 24.9 Å². The predicted molar refractivity (Wildman–Crippen MR) is 151 cm³/mol. The fourth-order valence-corrected chi connectivity index (χ4v) is 3.79. The highest BCUT2D eigenvalue weighted by Crippen LogP contribution is 2.08. The van der Waals surface area contributed by atoms with E-state index in [0.29, 0.717) is 0 Å². The first-order valence-corrected chi connectivity index (χ1v) is 12.8. The Balaban J connectivity index is 0.000000230. The zero-order chi connectivity index (χ0) is 30.5. The molecular formula is C32H28F2N2O6. The molecule has 0 heterocycles. The van der Waals surface area contributed by atoms with E-state index in [9.17, 15) is 38.2 Å². The van der Waals surface area contributed by atoms with E-state index in [1.54, 1.807) is 48.5 Å². The molecule has 0 aliphatic rings. The van der Waals surface area contributed by atoms with Gasteiger partial charge in [-0.3, -0.25) is 9.59 Å². The number of carbonyl (C=O) groups is 4. The molecule has 4 aromatic rings. The molecule has 216 valence electrons. The highest BCUT2D eigenvalue weighted by atomic mass is 19.1. The Kier molecular flexibility index (Phi) is 11.4. The van der Waals surface area contributed by atoms with E-state index in [1.807, 2.05) is 12.1 Å². The summed E-state index contributed by atoms with van der Waals surface area (Å²) in [7, 11) is 0. The third kappa shape index (κ3) is 9.98. The van der Waals surface area contributed by atoms with Crippen molar-refractivity contribution >= 4 is 23.8 Å². The second kappa shape index (κ2) is 15.4. The monoisotopic (exact) mass is 574 g/mol. The normalized spacial score (nSPS) is 11.7. The Labute approximate surface area is 240 Å². The highest BCUT2D eigenvalue weighted by Gasteiger charge is 2.22. The average molecular weight is 575 g/mol. The number of carbonyl (C=O) groups excluding carboxylic acids is 2. The summed E-state index contributed by atoms with van der Waals surface area (Å²) in [6.07, 6.45) is 0.367. The maximum absolute atomic E-state index is 12.8. The molecular weight excluding hydrogens is 546 g/mol. The summed E-state index contributed by atoms with van der Waals surface area (Å²) < 4.78 is 25.6. The van der Waals surface area contributed by atoms with Gasteiger partial charge in [-0.2, -0.15) is 0 Å². The minimum atomic E-state index is -1.12. The van der Waals surface area contributed by atoms with Gasteiger partial charge >= 0.3 is 11.9 Å². The van der Waals surface area contributed by atoms with Gasteiger partial charge in [0.05, 0.1) is 0 Å². The van der Waals surface area contributed by atoms with Crippen LogP contribution >= 0.6 is 0 Å². The maximum atomic E-state index is 12.8. The van der Waals surface area contributed by atoms with Gasteiger partial charge < -0.3 is 20.8 Å². The van der Waals surface area contributed by atoms with Crippen molar-refractivity contribution in [3.63, 3.8) is 0 Å². The van der Waals surface area contributed by atoms with Crippen LogP contribution in [0.2, 0.25) is 0 Å². The van der Waals surface area contributed by atoms with E-state index in [4.69, 9.17) is 0 Å². The minimum absolute atomic E-state index is 0.184. The molecule has 0 saturated heterocycles. The Morgan fingerprint density at radius 2 is 0.833 bits per heavy atom. The van der Waals surface area contributed by atoms with E-state index >= 15 is 0 Å². The van der Waals surface area contributed by atoms with Crippen LogP contribution in [0, 0.1) is 11.6 Å². The van der Waals surface area contributed by atoms with Gasteiger partial charge in [-0.25, -0.2) is 18.4 Å². The number of carboxylic acid groups (broad SMARTS) is 2. The Morgan fingerprint density at radius 1 is 0.524 bits per heavy atom. The van der Waals surface area contributed by atoms with Crippen molar-refractivity contribution < 1.29 is 38.2 Å². The summed E-state index contributed by atoms with van der Waals surface area (Å²) in [5, 5.41) is 23.3. The molecule has 2 atom stereocenters. The molecule has 0 aliphatic carbocycles. The average Bonchev–Trinajstić information content (AvgIpc) is 2.98. The molecule has 0 spiro atoms. The van der Waals surface area contributed by atoms with Crippen LogP contribution in [-0.2, 0) is 22.4 Å². The first-order valence-electron chi connectivity index (χ1n) is 12.8. The number of benzene rings is 4. The van der Waals surface area contributed by atoms with Crippen molar-refractivity contribution in [2.75, 3.05) is 0 Å². The van der Waals surface area contributed by atoms with Crippen molar-refractivity contribution in [1.29, 1.82) is 0 Å². The molecule has 0 aromatic heterocycles. The van der Waals surface area contributed by atoms with E-state index in [-0.39, 0.29) is 24.0 Å². The third-order valence-electron chi connectivity index (χ3n) is 5.98. The summed E-state index contributed by atoms with van der Waals surface area (Å²) in [6.45, 7) is 0. The Morgan fingerprint density at radius 3 is 1.12 bits per heavy atom. The van der Waals surface area contributed by atoms with Gasteiger partial charge in [0.1, 0.15) is 23.7 Å². The first-order chi connectivity index (χ1) is 20.1. The number of hydrogen-bond acceptors (Lipinski definition) is 4. The molecule has 0 saturated carbocycles. The molecule has 0 radical (unpaired) electrons. The molecule has 42 heavy (non-hydrogen) atoms. The number of hydrogen-bond donors (Lipinski definition) is 4. The Hall–Kier alpha value is -5.38. The van der Waals surface area contributed by atoms with Crippen LogP contribution in [0.5, 0.6) is 0 Å². The lowest BCUT2D eigenvalue weighted by atomic mass is 10.1. The van der Waals surface area contributed by atoms with Crippen LogP contribution in [0.15, 0.2) is 109 Å². The largest absolute Gasteiger partial charge is 0.480 e. The zero-order valence-electron chi connectivity index (χ0n) is 22.2. The lowest BCUT2D eigenvalue weighted by Crippen LogP contribution is -2.42. The maximum Gasteiger partial charge on any atom is 0.326 e. The van der Waals surface area contributed by atoms with Crippen molar-refractivity contribution in [3.8, 4) is 0 Å². The van der Waals surface area contributed by atoms with Crippen LogP contribution in [-0.4, -0.2) is 46.0 Å². The summed E-state index contributed by atoms with van der Waals surface area (Å²) in [4.78, 5) is 46.4. The number of nitrogens with one attached hydrogen (secondary N) is 2. The standard InChI is InChI=1S/2C16H14FNO3/c2*17-13-8-6-12(7-9-13)15(19)18-14(16(20)21)10-11-4-2-1-3-5-11/h2*1-9,14H,10H2,(H,18,19)(H,20,21)/t2*14-/m00/s1. The van der Waals surface area contributed by atoms with Crippen LogP contribution < -0.4 is 10.6 Å². The fraction of sp³-hybridized carbons (Fsp3) is 0.125. The lowest BCUT2D eigenvalue weighted by Gasteiger charge is -2.14. The minimum Gasteiger partial charge on any atom is -0.480 e. The van der Waals surface area contributed by atoms with Crippen molar-refractivity contribution in [2.24, 2.45) is 0 Å². The van der Waals surface area contributed by atoms with Crippen molar-refractivity contribution in [1.82, 2.24) is 10.6 Å². The second-order valence-corrected chi connectivity index (χ2v) is 9.12. The quantitative estimate of drug-likeness (QED) is 0.221. The number of halogens is 2. The van der Waals surface area contributed by atoms with Gasteiger partial charge in [-0.05, 0) is 59.7 Å². The predicted octanol–water partition coefficient (Wildman–Crippen LogP) is 4.50. The van der Waals surface area contributed by atoms with E-state index in [1.165, 1.54) is 24.3 Å². The van der Waals surface area contributed by atoms with Gasteiger partial charge in [-0.15, -0.1) is 0 Å². The van der Waals surface area contributed by atoms with Crippen LogP contribution in [0.1, 0.15) is 31.8 Å². The summed E-state index contributed by atoms with van der Waals surface area (Å²) >= 11 is 0. The van der Waals surface area contributed by atoms with E-state index < -0.39 is 47.5 Å². The zero-order valence-corrected chi connectivity index (χ0v) is 22.2. The fourth-order valence-electron chi connectivity index (χ4n) is 3.79. The number of aliphatic carboxylic acids is 2. The summed E-state index contributed by atoms with van der Waals surface area (Å²) in [6, 6.07) is 25.8. The molecule has 10 heteroatoms. The summed E-state index contributed by atoms with van der Waals surface area (Å²) in [5.74, 6) is -4.23. The smallest absolute Gasteiger partial charge is 0.326 e. The number of carboxylic acids is 2. The van der Waals surface area contributed by atoms with Crippen molar-refractivity contribution in [3.05, 3.63) is 143 Å². The molecule has 8 nitrogen and oxygen atoms in total. The molecule has 2 amide bonds. The van der Waals surface area contributed by atoms with Gasteiger partial charge in [-0.1, -0.05) is 60.7 Å². The van der Waals surface area contributed by atoms with E-state index in [2.05, 4.69) is 10.6 Å². The number of rotatable bonds is 10. The van der Waals surface area contributed by atoms with Gasteiger partial charge in [0, 0.05) is 24.0 Å². The highest BCUT2D eigenvalue weighted by molar-refractivity contribution is 5.97. The van der Waals surface area contributed by atoms with Crippen LogP contribution in [0.25, 0.3) is 0 Å². The van der Waals surface area contributed by atoms with Gasteiger partial charge in [0.15, 0.2) is 0 Å². The molecule has 0 aliphatic heterocycles. The molecule has 4 aromatic carbocycles. The van der Waals surface area contributed by atoms with Gasteiger partial charge in [0.25, 0.3) is 11.8 Å². The molecule has 4 rings (SSSR count). The van der Waals surface area contributed by atoms with E-state index in [0.717, 1.165) is 35.4 Å². The lowest BCUT2D eigenvalue weighted by molar-refractivity contribution is -0.140. The SMILES string of the molecule is O=C(N[C@@H](Cc1ccccc1)C(=O)O)c1ccc(F)cc1.O=C(N[C@@H](Cc1ccccc1)C(=O)O)c1ccc(F)cc1. The van der Waals surface area contributed by atoms with Crippen LogP contribution in [0.4, 0.5) is 8.78 Å². The molecule has 0 unspecified atom stereocenters. The third-order valence-corrected chi connectivity index (χ3v) is 5.98. The molecule has 0 fully saturated rings. The molecule has 0 bridgehead atoms.